The van der Waals surface area contributed by atoms with Crippen molar-refractivity contribution in [2.75, 3.05) is 58.2 Å². The van der Waals surface area contributed by atoms with Crippen LogP contribution in [0.2, 0.25) is 10.0 Å². The summed E-state index contributed by atoms with van der Waals surface area (Å²) in [6, 6.07) is 3.58. The molecule has 2 aliphatic heterocycles. The highest BCUT2D eigenvalue weighted by Crippen LogP contribution is 2.46. The molecule has 2 N–H and O–H groups in total. The average molecular weight is 588 g/mol. The van der Waals surface area contributed by atoms with Crippen molar-refractivity contribution in [3.63, 3.8) is 0 Å². The van der Waals surface area contributed by atoms with E-state index >= 15 is 0 Å². The first kappa shape index (κ1) is 28.4. The zero-order chi connectivity index (χ0) is 28.4. The van der Waals surface area contributed by atoms with Crippen molar-refractivity contribution in [2.45, 2.75) is 24.9 Å². The van der Waals surface area contributed by atoms with Crippen molar-refractivity contribution in [1.82, 2.24) is 19.9 Å². The van der Waals surface area contributed by atoms with Gasteiger partial charge in [-0.15, -0.1) is 0 Å². The number of rotatable bonds is 10. The van der Waals surface area contributed by atoms with Gasteiger partial charge in [0.15, 0.2) is 11.6 Å². The number of hydrogen-bond acceptors (Lipinski definition) is 10. The third-order valence-electron chi connectivity index (χ3n) is 7.31. The van der Waals surface area contributed by atoms with Gasteiger partial charge in [-0.3, -0.25) is 4.79 Å². The van der Waals surface area contributed by atoms with Gasteiger partial charge in [-0.2, -0.15) is 0 Å². The molecule has 40 heavy (non-hydrogen) atoms. The van der Waals surface area contributed by atoms with Crippen LogP contribution in [-0.4, -0.2) is 85.3 Å². The lowest BCUT2D eigenvalue weighted by Crippen LogP contribution is -2.52. The minimum absolute atomic E-state index is 0.0123. The van der Waals surface area contributed by atoms with Gasteiger partial charge >= 0.3 is 0 Å². The molecule has 12 heteroatoms. The number of ether oxygens (including phenoxy) is 3. The quantitative estimate of drug-likeness (QED) is 0.324. The number of aromatic nitrogens is 3. The Kier molecular flexibility index (Phi) is 8.60. The second kappa shape index (κ2) is 12.1. The van der Waals surface area contributed by atoms with Crippen LogP contribution in [0, 0.1) is 5.92 Å². The fourth-order valence-electron chi connectivity index (χ4n) is 5.13. The number of allylic oxidation sites excluding steroid dienone is 1. The molecule has 2 aromatic heterocycles. The largest absolute Gasteiger partial charge is 0.495 e. The molecule has 1 aromatic carbocycles. The smallest absolute Gasteiger partial charge is 0.223 e. The molecule has 5 rings (SSSR count). The summed E-state index contributed by atoms with van der Waals surface area (Å²) < 4.78 is 16.6. The number of benzene rings is 1. The summed E-state index contributed by atoms with van der Waals surface area (Å²) in [4.78, 5) is 28.6. The van der Waals surface area contributed by atoms with Crippen LogP contribution in [-0.2, 0) is 9.53 Å². The number of halogens is 2. The number of ketones is 1. The summed E-state index contributed by atoms with van der Waals surface area (Å²) >= 11 is 13.4. The number of likely N-dealkylation sites (tertiary alicyclic amines) is 1. The predicted octanol–water partition coefficient (Wildman–Crippen LogP) is 4.70. The standard InChI is InChI=1S/C28H32Cl2N6O4/c1-5-18(37)8-15-6-7-40-14-20(15)34-28-31-11-16-9-19(23-24(29)21(38-3)10-22(39-4)25(23)30)33-27(26(16)35-28)32-17-12-36(2)13-17/h5,9-11,15,17,20H,1,6-8,12-14H2,2-4H3,(H,32,33)(H,31,34,35)/t15-,20-/m1/s1. The van der Waals surface area contributed by atoms with Gasteiger partial charge in [-0.05, 0) is 31.5 Å². The highest BCUT2D eigenvalue weighted by Gasteiger charge is 2.29. The first-order valence-corrected chi connectivity index (χ1v) is 13.8. The van der Waals surface area contributed by atoms with E-state index in [2.05, 4.69) is 34.1 Å². The van der Waals surface area contributed by atoms with E-state index < -0.39 is 0 Å². The summed E-state index contributed by atoms with van der Waals surface area (Å²) in [6.45, 7) is 6.42. The molecule has 2 fully saturated rings. The Morgan fingerprint density at radius 1 is 1.18 bits per heavy atom. The molecule has 0 amide bonds. The molecule has 0 aliphatic carbocycles. The van der Waals surface area contributed by atoms with Crippen molar-refractivity contribution < 1.29 is 19.0 Å². The Bertz CT molecular complexity index is 1400. The van der Waals surface area contributed by atoms with Crippen LogP contribution in [0.3, 0.4) is 0 Å². The molecule has 2 saturated heterocycles. The summed E-state index contributed by atoms with van der Waals surface area (Å²) in [5.74, 6) is 1.97. The molecule has 0 spiro atoms. The van der Waals surface area contributed by atoms with Crippen molar-refractivity contribution in [2.24, 2.45) is 5.92 Å². The molecule has 2 atom stereocenters. The maximum absolute atomic E-state index is 12.1. The van der Waals surface area contributed by atoms with Crippen LogP contribution >= 0.6 is 23.2 Å². The van der Waals surface area contributed by atoms with Gasteiger partial charge in [0.2, 0.25) is 5.95 Å². The van der Waals surface area contributed by atoms with E-state index in [1.165, 1.54) is 20.3 Å². The molecular formula is C28H32Cl2N6O4. The van der Waals surface area contributed by atoms with E-state index in [0.717, 1.165) is 24.9 Å². The number of likely N-dealkylation sites (N-methyl/N-ethyl adjacent to an activating group) is 1. The third kappa shape index (κ3) is 5.81. The molecule has 2 aliphatic rings. The molecule has 0 bridgehead atoms. The molecule has 10 nitrogen and oxygen atoms in total. The lowest BCUT2D eigenvalue weighted by atomic mass is 9.90. The Hall–Kier alpha value is -3.18. The average Bonchev–Trinajstić information content (AvgIpc) is 2.93. The summed E-state index contributed by atoms with van der Waals surface area (Å²) in [7, 11) is 5.12. The first-order valence-electron chi connectivity index (χ1n) is 13.0. The fourth-order valence-corrected chi connectivity index (χ4v) is 5.82. The number of fused-ring (bicyclic) bond motifs is 1. The highest BCUT2D eigenvalue weighted by molar-refractivity contribution is 6.41. The maximum Gasteiger partial charge on any atom is 0.223 e. The Morgan fingerprint density at radius 3 is 2.55 bits per heavy atom. The Balaban J connectivity index is 1.55. The molecular weight excluding hydrogens is 555 g/mol. The highest BCUT2D eigenvalue weighted by atomic mass is 35.5. The van der Waals surface area contributed by atoms with Crippen molar-refractivity contribution >= 4 is 51.7 Å². The minimum atomic E-state index is -0.110. The number of nitrogens with zero attached hydrogens (tertiary/aromatic N) is 4. The van der Waals surface area contributed by atoms with Crippen LogP contribution in [0.4, 0.5) is 11.8 Å². The Morgan fingerprint density at radius 2 is 1.90 bits per heavy atom. The van der Waals surface area contributed by atoms with E-state index in [4.69, 9.17) is 47.4 Å². The maximum atomic E-state index is 12.1. The molecule has 0 radical (unpaired) electrons. The minimum Gasteiger partial charge on any atom is -0.495 e. The second-order valence-corrected chi connectivity index (χ2v) is 10.8. The number of carbonyl (C=O) groups is 1. The third-order valence-corrected chi connectivity index (χ3v) is 8.06. The lowest BCUT2D eigenvalue weighted by molar-refractivity contribution is -0.116. The molecule has 0 saturated carbocycles. The van der Waals surface area contributed by atoms with Crippen molar-refractivity contribution in [3.8, 4) is 22.8 Å². The van der Waals surface area contributed by atoms with Crippen LogP contribution < -0.4 is 20.1 Å². The zero-order valence-electron chi connectivity index (χ0n) is 22.7. The van der Waals surface area contributed by atoms with Gasteiger partial charge in [-0.1, -0.05) is 29.8 Å². The van der Waals surface area contributed by atoms with E-state index in [0.29, 0.717) is 69.7 Å². The summed E-state index contributed by atoms with van der Waals surface area (Å²) in [5, 5.41) is 8.32. The molecule has 3 aromatic rings. The van der Waals surface area contributed by atoms with Gasteiger partial charge in [0.1, 0.15) is 17.0 Å². The monoisotopic (exact) mass is 586 g/mol. The molecule has 4 heterocycles. The molecule has 0 unspecified atom stereocenters. The SMILES string of the molecule is C=CC(=O)C[C@H]1CCOC[C@H]1Nc1ncc2cc(-c3c(Cl)c(OC)cc(OC)c3Cl)nc(NC3CN(C)C3)c2n1. The van der Waals surface area contributed by atoms with Gasteiger partial charge in [0, 0.05) is 49.3 Å². The number of anilines is 2. The first-order chi connectivity index (χ1) is 19.3. The van der Waals surface area contributed by atoms with Gasteiger partial charge in [-0.25, -0.2) is 15.0 Å². The van der Waals surface area contributed by atoms with Gasteiger partial charge < -0.3 is 29.7 Å². The van der Waals surface area contributed by atoms with Crippen molar-refractivity contribution in [3.05, 3.63) is 41.0 Å². The zero-order valence-corrected chi connectivity index (χ0v) is 24.2. The number of carbonyl (C=O) groups excluding carboxylic acids is 1. The number of pyridine rings is 1. The predicted molar refractivity (Wildman–Crippen MR) is 157 cm³/mol. The van der Waals surface area contributed by atoms with E-state index in [1.807, 2.05) is 6.07 Å². The fraction of sp³-hybridized carbons (Fsp3) is 0.429. The Labute approximate surface area is 243 Å². The topological polar surface area (TPSA) is 111 Å². The normalized spacial score (nSPS) is 19.6. The van der Waals surface area contributed by atoms with Crippen LogP contribution in [0.15, 0.2) is 31.0 Å². The summed E-state index contributed by atoms with van der Waals surface area (Å²) in [5.41, 5.74) is 1.67. The van der Waals surface area contributed by atoms with E-state index in [1.54, 1.807) is 12.3 Å². The van der Waals surface area contributed by atoms with E-state index in [-0.39, 0.29) is 23.8 Å². The number of hydrogen-bond donors (Lipinski definition) is 2. The molecule has 212 valence electrons. The van der Waals surface area contributed by atoms with Crippen LogP contribution in [0.1, 0.15) is 12.8 Å². The number of nitrogens with one attached hydrogen (secondary N) is 2. The van der Waals surface area contributed by atoms with E-state index in [9.17, 15) is 4.79 Å². The summed E-state index contributed by atoms with van der Waals surface area (Å²) in [6.07, 6.45) is 4.27. The van der Waals surface area contributed by atoms with Crippen LogP contribution in [0.5, 0.6) is 11.5 Å². The van der Waals surface area contributed by atoms with Crippen molar-refractivity contribution in [1.29, 1.82) is 0 Å². The number of methoxy groups -OCH3 is 2. The van der Waals surface area contributed by atoms with Crippen LogP contribution in [0.25, 0.3) is 22.2 Å². The second-order valence-electron chi connectivity index (χ2n) is 10.1. The van der Waals surface area contributed by atoms with Gasteiger partial charge in [0.05, 0.1) is 48.6 Å². The lowest BCUT2D eigenvalue weighted by Gasteiger charge is -2.37. The van der Waals surface area contributed by atoms with Gasteiger partial charge in [0.25, 0.3) is 0 Å².